The average molecular weight is 456 g/mol. The van der Waals surface area contributed by atoms with Gasteiger partial charge < -0.3 is 15.4 Å². The van der Waals surface area contributed by atoms with E-state index in [1.54, 1.807) is 48.5 Å². The molecule has 0 radical (unpaired) electrons. The lowest BCUT2D eigenvalue weighted by atomic mass is 10.1. The molecule has 0 spiro atoms. The fourth-order valence-electron chi connectivity index (χ4n) is 3.05. The number of unbranched alkanes of at least 4 members (excludes halogenated alkanes) is 4. The molecule has 0 fully saturated rings. The molecule has 0 aliphatic rings. The molecule has 2 rings (SSSR count). The van der Waals surface area contributed by atoms with Gasteiger partial charge in [-0.25, -0.2) is 0 Å². The molecule has 7 heteroatoms. The first-order chi connectivity index (χ1) is 15.5. The first-order valence-electron chi connectivity index (χ1n) is 11.3. The number of amides is 2. The van der Waals surface area contributed by atoms with Gasteiger partial charge in [0.25, 0.3) is 11.8 Å². The van der Waals surface area contributed by atoms with Crippen molar-refractivity contribution >= 4 is 34.8 Å². The van der Waals surface area contributed by atoms with Gasteiger partial charge in [0.05, 0.1) is 17.9 Å². The molecular formula is C25H33N3O3S. The quantitative estimate of drug-likeness (QED) is 0.299. The first-order valence-corrected chi connectivity index (χ1v) is 11.7. The Morgan fingerprint density at radius 3 is 2.31 bits per heavy atom. The number of carbonyl (C=O) groups is 2. The normalized spacial score (nSPS) is 10.3. The summed E-state index contributed by atoms with van der Waals surface area (Å²) in [4.78, 5) is 24.8. The third-order valence-electron chi connectivity index (χ3n) is 4.82. The van der Waals surface area contributed by atoms with Crippen LogP contribution in [0, 0.1) is 0 Å². The predicted octanol–water partition coefficient (Wildman–Crippen LogP) is 5.30. The van der Waals surface area contributed by atoms with E-state index in [9.17, 15) is 9.59 Å². The minimum atomic E-state index is -0.332. The van der Waals surface area contributed by atoms with Crippen LogP contribution in [0.5, 0.6) is 5.75 Å². The van der Waals surface area contributed by atoms with Crippen LogP contribution >= 0.6 is 12.2 Å². The number of nitrogens with one attached hydrogen (secondary N) is 3. The van der Waals surface area contributed by atoms with Crippen molar-refractivity contribution in [3.8, 4) is 5.75 Å². The fourth-order valence-corrected chi connectivity index (χ4v) is 3.25. The van der Waals surface area contributed by atoms with Crippen LogP contribution in [-0.2, 0) is 0 Å². The zero-order valence-electron chi connectivity index (χ0n) is 18.9. The van der Waals surface area contributed by atoms with Crippen molar-refractivity contribution in [3.05, 3.63) is 59.7 Å². The Morgan fingerprint density at radius 1 is 0.875 bits per heavy atom. The van der Waals surface area contributed by atoms with Crippen molar-refractivity contribution in [1.82, 2.24) is 10.6 Å². The Bertz CT molecular complexity index is 884. The topological polar surface area (TPSA) is 79.5 Å². The molecule has 0 saturated carbocycles. The largest absolute Gasteiger partial charge is 0.494 e. The summed E-state index contributed by atoms with van der Waals surface area (Å²) >= 11 is 5.27. The summed E-state index contributed by atoms with van der Waals surface area (Å²) < 4.78 is 5.74. The van der Waals surface area contributed by atoms with Crippen LogP contribution in [-0.4, -0.2) is 30.1 Å². The second-order valence-electron chi connectivity index (χ2n) is 7.50. The molecule has 6 nitrogen and oxygen atoms in total. The fraction of sp³-hybridized carbons (Fsp3) is 0.400. The first kappa shape index (κ1) is 25.3. The van der Waals surface area contributed by atoms with Crippen LogP contribution in [0.15, 0.2) is 48.5 Å². The second-order valence-corrected chi connectivity index (χ2v) is 7.91. The molecule has 0 aliphatic carbocycles. The summed E-state index contributed by atoms with van der Waals surface area (Å²) in [5.41, 5.74) is 1.47. The van der Waals surface area contributed by atoms with Gasteiger partial charge in [0.15, 0.2) is 5.11 Å². The van der Waals surface area contributed by atoms with E-state index in [-0.39, 0.29) is 16.9 Å². The summed E-state index contributed by atoms with van der Waals surface area (Å²) in [6.07, 6.45) is 6.77. The van der Waals surface area contributed by atoms with E-state index in [0.717, 1.165) is 18.6 Å². The van der Waals surface area contributed by atoms with Crippen molar-refractivity contribution in [2.75, 3.05) is 18.5 Å². The maximum atomic E-state index is 12.5. The number of hydrogen-bond donors (Lipinski definition) is 3. The minimum Gasteiger partial charge on any atom is -0.494 e. The minimum absolute atomic E-state index is 0.123. The SMILES string of the molecule is CCCCCCCOc1ccc(C(=O)NC(=S)Nc2ccccc2C(=O)NCCC)cc1. The van der Waals surface area contributed by atoms with Crippen molar-refractivity contribution < 1.29 is 14.3 Å². The molecule has 2 amide bonds. The van der Waals surface area contributed by atoms with E-state index in [0.29, 0.717) is 30.0 Å². The molecule has 2 aromatic rings. The monoisotopic (exact) mass is 455 g/mol. The van der Waals surface area contributed by atoms with Gasteiger partial charge in [-0.05, 0) is 61.5 Å². The highest BCUT2D eigenvalue weighted by atomic mass is 32.1. The molecule has 0 bridgehead atoms. The molecule has 0 aromatic heterocycles. The van der Waals surface area contributed by atoms with Crippen molar-refractivity contribution in [3.63, 3.8) is 0 Å². The number of thiocarbonyl (C=S) groups is 1. The molecular weight excluding hydrogens is 422 g/mol. The molecule has 0 unspecified atom stereocenters. The maximum Gasteiger partial charge on any atom is 0.257 e. The standard InChI is InChI=1S/C25H33N3O3S/c1-3-5-6-7-10-18-31-20-15-13-19(14-16-20)23(29)28-25(32)27-22-12-9-8-11-21(22)24(30)26-17-4-2/h8-9,11-16H,3-7,10,17-18H2,1-2H3,(H,26,30)(H2,27,28,29,32). The van der Waals surface area contributed by atoms with Crippen LogP contribution in [0.3, 0.4) is 0 Å². The van der Waals surface area contributed by atoms with Gasteiger partial charge in [-0.3, -0.25) is 14.9 Å². The summed E-state index contributed by atoms with van der Waals surface area (Å²) in [5.74, 6) is 0.219. The zero-order valence-corrected chi connectivity index (χ0v) is 19.7. The third kappa shape index (κ3) is 8.67. The van der Waals surface area contributed by atoms with E-state index < -0.39 is 0 Å². The van der Waals surface area contributed by atoms with Gasteiger partial charge in [0, 0.05) is 12.1 Å². The van der Waals surface area contributed by atoms with E-state index in [1.807, 2.05) is 6.92 Å². The Kier molecular flexibility index (Phi) is 11.2. The average Bonchev–Trinajstić information content (AvgIpc) is 2.80. The highest BCUT2D eigenvalue weighted by Crippen LogP contribution is 2.16. The van der Waals surface area contributed by atoms with Crippen LogP contribution in [0.25, 0.3) is 0 Å². The molecule has 0 atom stereocenters. The van der Waals surface area contributed by atoms with E-state index in [1.165, 1.54) is 25.7 Å². The number of para-hydroxylation sites is 1. The van der Waals surface area contributed by atoms with Crippen LogP contribution in [0.1, 0.15) is 73.1 Å². The van der Waals surface area contributed by atoms with E-state index in [4.69, 9.17) is 17.0 Å². The van der Waals surface area contributed by atoms with Crippen molar-refractivity contribution in [2.45, 2.75) is 52.4 Å². The smallest absolute Gasteiger partial charge is 0.257 e. The summed E-state index contributed by atoms with van der Waals surface area (Å²) in [5, 5.41) is 8.56. The summed E-state index contributed by atoms with van der Waals surface area (Å²) in [7, 11) is 0. The lowest BCUT2D eigenvalue weighted by molar-refractivity contribution is 0.0952. The highest BCUT2D eigenvalue weighted by Gasteiger charge is 2.13. The molecule has 32 heavy (non-hydrogen) atoms. The predicted molar refractivity (Wildman–Crippen MR) is 133 cm³/mol. The van der Waals surface area contributed by atoms with Crippen LogP contribution in [0.4, 0.5) is 5.69 Å². The van der Waals surface area contributed by atoms with Gasteiger partial charge in [0.1, 0.15) is 5.75 Å². The third-order valence-corrected chi connectivity index (χ3v) is 5.02. The Morgan fingerprint density at radius 2 is 1.59 bits per heavy atom. The van der Waals surface area contributed by atoms with Gasteiger partial charge in [-0.15, -0.1) is 0 Å². The number of ether oxygens (including phenoxy) is 1. The summed E-state index contributed by atoms with van der Waals surface area (Å²) in [6, 6.07) is 14.0. The molecule has 2 aromatic carbocycles. The van der Waals surface area contributed by atoms with Gasteiger partial charge in [-0.2, -0.15) is 0 Å². The number of anilines is 1. The molecule has 172 valence electrons. The molecule has 0 saturated heterocycles. The van der Waals surface area contributed by atoms with Crippen LogP contribution in [0.2, 0.25) is 0 Å². The Labute approximate surface area is 196 Å². The zero-order chi connectivity index (χ0) is 23.2. The number of hydrogen-bond acceptors (Lipinski definition) is 4. The lowest BCUT2D eigenvalue weighted by Gasteiger charge is -2.13. The highest BCUT2D eigenvalue weighted by molar-refractivity contribution is 7.80. The van der Waals surface area contributed by atoms with Crippen molar-refractivity contribution in [1.29, 1.82) is 0 Å². The van der Waals surface area contributed by atoms with Gasteiger partial charge in [-0.1, -0.05) is 51.7 Å². The molecule has 0 aliphatic heterocycles. The van der Waals surface area contributed by atoms with E-state index >= 15 is 0 Å². The van der Waals surface area contributed by atoms with E-state index in [2.05, 4.69) is 22.9 Å². The summed E-state index contributed by atoms with van der Waals surface area (Å²) in [6.45, 7) is 5.45. The lowest BCUT2D eigenvalue weighted by Crippen LogP contribution is -2.35. The molecule has 0 heterocycles. The number of carbonyl (C=O) groups excluding carboxylic acids is 2. The second kappa shape index (κ2) is 14.2. The Hall–Kier alpha value is -2.93. The molecule has 3 N–H and O–H groups in total. The van der Waals surface area contributed by atoms with Crippen LogP contribution < -0.4 is 20.7 Å². The van der Waals surface area contributed by atoms with Crippen molar-refractivity contribution in [2.24, 2.45) is 0 Å². The Balaban J connectivity index is 1.85. The number of benzene rings is 2. The van der Waals surface area contributed by atoms with Gasteiger partial charge in [0.2, 0.25) is 0 Å². The maximum absolute atomic E-state index is 12.5. The van der Waals surface area contributed by atoms with Gasteiger partial charge >= 0.3 is 0 Å². The number of rotatable bonds is 12.